The van der Waals surface area contributed by atoms with Crippen molar-refractivity contribution in [1.29, 1.82) is 0 Å². The fourth-order valence-electron chi connectivity index (χ4n) is 3.27. The molecule has 3 rings (SSSR count). The Hall–Kier alpha value is -2.87. The summed E-state index contributed by atoms with van der Waals surface area (Å²) in [4.78, 5) is 23.5. The van der Waals surface area contributed by atoms with Gasteiger partial charge in [-0.1, -0.05) is 0 Å². The van der Waals surface area contributed by atoms with E-state index in [4.69, 9.17) is 14.2 Å². The molecule has 28 heavy (non-hydrogen) atoms. The molecule has 1 aromatic carbocycles. The van der Waals surface area contributed by atoms with Crippen LogP contribution in [0.3, 0.4) is 0 Å². The Bertz CT molecular complexity index is 856. The van der Waals surface area contributed by atoms with Crippen molar-refractivity contribution in [1.82, 2.24) is 14.9 Å². The van der Waals surface area contributed by atoms with E-state index in [1.54, 1.807) is 39.2 Å². The van der Waals surface area contributed by atoms with Crippen LogP contribution >= 0.6 is 0 Å². The number of nitrogens with one attached hydrogen (secondary N) is 1. The van der Waals surface area contributed by atoms with Gasteiger partial charge in [0.25, 0.3) is 5.91 Å². The largest absolute Gasteiger partial charge is 0.493 e. The molecule has 0 bridgehead atoms. The van der Waals surface area contributed by atoms with Crippen LogP contribution in [-0.4, -0.2) is 61.8 Å². The molecule has 1 aromatic heterocycles. The molecule has 1 aliphatic heterocycles. The Balaban J connectivity index is 1.79. The minimum Gasteiger partial charge on any atom is -0.493 e. The molecule has 0 aliphatic carbocycles. The Morgan fingerprint density at radius 1 is 1.11 bits per heavy atom. The number of amides is 1. The first kappa shape index (κ1) is 19.9. The average Bonchev–Trinajstić information content (AvgIpc) is 2.71. The predicted molar refractivity (Wildman–Crippen MR) is 105 cm³/mol. The fourth-order valence-corrected chi connectivity index (χ4v) is 3.27. The van der Waals surface area contributed by atoms with Crippen molar-refractivity contribution in [2.75, 3.05) is 46.3 Å². The Labute approximate surface area is 164 Å². The summed E-state index contributed by atoms with van der Waals surface area (Å²) in [6.07, 6.45) is 0.754. The molecule has 8 nitrogen and oxygen atoms in total. The Morgan fingerprint density at radius 2 is 1.82 bits per heavy atom. The maximum absolute atomic E-state index is 13.0. The average molecular weight is 386 g/mol. The molecular formula is C20H26N4O4. The molecule has 2 aromatic rings. The van der Waals surface area contributed by atoms with Gasteiger partial charge in [-0.25, -0.2) is 9.97 Å². The molecule has 0 saturated heterocycles. The third-order valence-corrected chi connectivity index (χ3v) is 4.67. The number of carbonyl (C=O) groups is 1. The van der Waals surface area contributed by atoms with Gasteiger partial charge in [0.05, 0.1) is 20.8 Å². The number of anilines is 1. The van der Waals surface area contributed by atoms with Crippen LogP contribution in [-0.2, 0) is 17.7 Å². The first-order chi connectivity index (χ1) is 13.5. The van der Waals surface area contributed by atoms with Crippen LogP contribution in [0.25, 0.3) is 0 Å². The number of aromatic nitrogens is 2. The van der Waals surface area contributed by atoms with Crippen LogP contribution in [0.5, 0.6) is 11.5 Å². The van der Waals surface area contributed by atoms with Crippen molar-refractivity contribution in [3.05, 3.63) is 40.8 Å². The highest BCUT2D eigenvalue weighted by Gasteiger charge is 2.25. The summed E-state index contributed by atoms with van der Waals surface area (Å²) < 4.78 is 15.8. The van der Waals surface area contributed by atoms with Crippen LogP contribution in [0.4, 0.5) is 5.82 Å². The lowest BCUT2D eigenvalue weighted by molar-refractivity contribution is 0.0728. The molecule has 1 amide bonds. The van der Waals surface area contributed by atoms with Crippen molar-refractivity contribution >= 4 is 11.7 Å². The highest BCUT2D eigenvalue weighted by Crippen LogP contribution is 2.33. The molecule has 0 unspecified atom stereocenters. The first-order valence-electron chi connectivity index (χ1n) is 9.17. The second-order valence-corrected chi connectivity index (χ2v) is 6.56. The van der Waals surface area contributed by atoms with Gasteiger partial charge in [-0.3, -0.25) is 4.79 Å². The van der Waals surface area contributed by atoms with Crippen molar-refractivity contribution in [2.45, 2.75) is 19.9 Å². The normalized spacial score (nSPS) is 13.1. The maximum Gasteiger partial charge on any atom is 0.272 e. The van der Waals surface area contributed by atoms with E-state index in [1.807, 2.05) is 12.1 Å². The number of ether oxygens (including phenoxy) is 3. The van der Waals surface area contributed by atoms with Crippen molar-refractivity contribution in [3.63, 3.8) is 0 Å². The predicted octanol–water partition coefficient (Wildman–Crippen LogP) is 2.06. The third-order valence-electron chi connectivity index (χ3n) is 4.67. The molecule has 1 aliphatic rings. The lowest BCUT2D eigenvalue weighted by Gasteiger charge is -2.29. The van der Waals surface area contributed by atoms with E-state index in [2.05, 4.69) is 15.3 Å². The van der Waals surface area contributed by atoms with E-state index in [-0.39, 0.29) is 5.91 Å². The van der Waals surface area contributed by atoms with Crippen molar-refractivity contribution < 1.29 is 19.0 Å². The van der Waals surface area contributed by atoms with Crippen LogP contribution in [0.1, 0.15) is 27.4 Å². The second-order valence-electron chi connectivity index (χ2n) is 6.56. The number of fused-ring (bicyclic) bond motifs is 1. The topological polar surface area (TPSA) is 85.8 Å². The van der Waals surface area contributed by atoms with E-state index >= 15 is 0 Å². The molecule has 150 valence electrons. The fraction of sp³-hybridized carbons (Fsp3) is 0.450. The molecule has 0 atom stereocenters. The van der Waals surface area contributed by atoms with Gasteiger partial charge in [0.1, 0.15) is 17.3 Å². The molecule has 0 saturated carbocycles. The van der Waals surface area contributed by atoms with Gasteiger partial charge >= 0.3 is 0 Å². The minimum atomic E-state index is -0.110. The Morgan fingerprint density at radius 3 is 2.50 bits per heavy atom. The number of hydrogen-bond acceptors (Lipinski definition) is 7. The third kappa shape index (κ3) is 4.33. The first-order valence-corrected chi connectivity index (χ1v) is 9.17. The lowest BCUT2D eigenvalue weighted by atomic mass is 9.98. The zero-order valence-corrected chi connectivity index (χ0v) is 16.7. The van der Waals surface area contributed by atoms with Gasteiger partial charge in [0, 0.05) is 32.8 Å². The molecule has 8 heteroatoms. The van der Waals surface area contributed by atoms with E-state index in [0.29, 0.717) is 55.1 Å². The van der Waals surface area contributed by atoms with Gasteiger partial charge in [0.2, 0.25) is 0 Å². The highest BCUT2D eigenvalue weighted by atomic mass is 16.5. The van der Waals surface area contributed by atoms with E-state index < -0.39 is 0 Å². The summed E-state index contributed by atoms with van der Waals surface area (Å²) >= 11 is 0. The smallest absolute Gasteiger partial charge is 0.272 e. The van der Waals surface area contributed by atoms with Gasteiger partial charge < -0.3 is 24.4 Å². The molecule has 1 N–H and O–H groups in total. The number of rotatable bonds is 7. The number of aryl methyl sites for hydroxylation is 1. The number of hydrogen-bond donors (Lipinski definition) is 1. The second kappa shape index (κ2) is 8.88. The summed E-state index contributed by atoms with van der Waals surface area (Å²) in [7, 11) is 4.87. The number of methoxy groups -OCH3 is 3. The summed E-state index contributed by atoms with van der Waals surface area (Å²) in [5.74, 6) is 2.43. The summed E-state index contributed by atoms with van der Waals surface area (Å²) in [5, 5.41) is 3.15. The molecule has 0 spiro atoms. The van der Waals surface area contributed by atoms with Gasteiger partial charge in [0.15, 0.2) is 11.5 Å². The zero-order valence-electron chi connectivity index (χ0n) is 16.7. The standard InChI is InChI=1S/C20H26N4O4/c1-13-22-16(11-19(23-13)21-6-8-26-2)20(25)24-7-5-14-9-17(27-3)18(28-4)10-15(14)12-24/h9-11H,5-8,12H2,1-4H3,(H,21,22,23). The van der Waals surface area contributed by atoms with Crippen LogP contribution in [0, 0.1) is 6.92 Å². The van der Waals surface area contributed by atoms with Crippen LogP contribution in [0.15, 0.2) is 18.2 Å². The summed E-state index contributed by atoms with van der Waals surface area (Å²) in [6.45, 7) is 4.07. The Kier molecular flexibility index (Phi) is 6.30. The quantitative estimate of drug-likeness (QED) is 0.729. The molecule has 0 radical (unpaired) electrons. The molecular weight excluding hydrogens is 360 g/mol. The van der Waals surface area contributed by atoms with Crippen molar-refractivity contribution in [2.24, 2.45) is 0 Å². The molecule has 2 heterocycles. The van der Waals surface area contributed by atoms with E-state index in [1.165, 1.54) is 5.56 Å². The number of nitrogens with zero attached hydrogens (tertiary/aromatic N) is 3. The van der Waals surface area contributed by atoms with Crippen molar-refractivity contribution in [3.8, 4) is 11.5 Å². The van der Waals surface area contributed by atoms with Gasteiger partial charge in [-0.05, 0) is 36.6 Å². The molecule has 0 fully saturated rings. The lowest BCUT2D eigenvalue weighted by Crippen LogP contribution is -2.36. The monoisotopic (exact) mass is 386 g/mol. The van der Waals surface area contributed by atoms with Crippen LogP contribution < -0.4 is 14.8 Å². The SMILES string of the molecule is COCCNc1cc(C(=O)N2CCc3cc(OC)c(OC)cc3C2)nc(C)n1. The maximum atomic E-state index is 13.0. The number of carbonyl (C=O) groups excluding carboxylic acids is 1. The van der Waals surface area contributed by atoms with Crippen LogP contribution in [0.2, 0.25) is 0 Å². The van der Waals surface area contributed by atoms with E-state index in [0.717, 1.165) is 12.0 Å². The van der Waals surface area contributed by atoms with Gasteiger partial charge in [-0.2, -0.15) is 0 Å². The minimum absolute atomic E-state index is 0.110. The van der Waals surface area contributed by atoms with Gasteiger partial charge in [-0.15, -0.1) is 0 Å². The summed E-state index contributed by atoms with van der Waals surface area (Å²) in [6, 6.07) is 5.62. The summed E-state index contributed by atoms with van der Waals surface area (Å²) in [5.41, 5.74) is 2.61. The number of benzene rings is 1. The zero-order chi connectivity index (χ0) is 20.1. The van der Waals surface area contributed by atoms with E-state index in [9.17, 15) is 4.79 Å². The highest BCUT2D eigenvalue weighted by molar-refractivity contribution is 5.93.